The highest BCUT2D eigenvalue weighted by Gasteiger charge is 2.16. The Morgan fingerprint density at radius 1 is 1.55 bits per heavy atom. The van der Waals surface area contributed by atoms with Crippen LogP contribution < -0.4 is 5.32 Å². The Morgan fingerprint density at radius 2 is 2.50 bits per heavy atom. The van der Waals surface area contributed by atoms with Gasteiger partial charge in [0.05, 0.1) is 16.3 Å². The summed E-state index contributed by atoms with van der Waals surface area (Å²) in [6.45, 7) is 0.957. The van der Waals surface area contributed by atoms with Crippen molar-refractivity contribution in [2.24, 2.45) is 0 Å². The number of thiophene rings is 1. The smallest absolute Gasteiger partial charge is 0.0809 e. The van der Waals surface area contributed by atoms with Crippen LogP contribution in [0.15, 0.2) is 23.7 Å². The maximum absolute atomic E-state index is 5.69. The Kier molecular flexibility index (Phi) is 4.65. The van der Waals surface area contributed by atoms with E-state index in [0.717, 1.165) is 18.5 Å². The zero-order valence-electron chi connectivity index (χ0n) is 12.0. The first-order valence-electron chi connectivity index (χ1n) is 7.49. The third-order valence-corrected chi connectivity index (χ3v) is 4.97. The van der Waals surface area contributed by atoms with Gasteiger partial charge in [-0.15, -0.1) is 11.3 Å². The highest BCUT2D eigenvalue weighted by Crippen LogP contribution is 2.26. The van der Waals surface area contributed by atoms with Crippen LogP contribution in [0.5, 0.6) is 0 Å². The molecule has 1 aliphatic heterocycles. The molecular weight excluding hydrogens is 268 g/mol. The lowest BCUT2D eigenvalue weighted by Crippen LogP contribution is -2.17. The van der Waals surface area contributed by atoms with E-state index in [1.165, 1.54) is 35.9 Å². The van der Waals surface area contributed by atoms with E-state index >= 15 is 0 Å². The molecule has 0 radical (unpaired) electrons. The van der Waals surface area contributed by atoms with Crippen LogP contribution in [0.3, 0.4) is 0 Å². The van der Waals surface area contributed by atoms with Gasteiger partial charge in [-0.2, -0.15) is 0 Å². The van der Waals surface area contributed by atoms with Gasteiger partial charge in [0, 0.05) is 18.8 Å². The van der Waals surface area contributed by atoms with Gasteiger partial charge in [0.2, 0.25) is 0 Å². The lowest BCUT2D eigenvalue weighted by molar-refractivity contribution is 0.101. The van der Waals surface area contributed by atoms with Gasteiger partial charge in [0.15, 0.2) is 0 Å². The summed E-state index contributed by atoms with van der Waals surface area (Å²) in [5.41, 5.74) is 2.41. The van der Waals surface area contributed by atoms with E-state index in [2.05, 4.69) is 27.8 Å². The Balaban J connectivity index is 1.59. The number of hydrogen-bond donors (Lipinski definition) is 1. The van der Waals surface area contributed by atoms with Crippen LogP contribution in [-0.4, -0.2) is 24.7 Å². The zero-order valence-corrected chi connectivity index (χ0v) is 12.8. The van der Waals surface area contributed by atoms with E-state index in [4.69, 9.17) is 4.74 Å². The maximum atomic E-state index is 5.69. The van der Waals surface area contributed by atoms with Gasteiger partial charge in [-0.25, -0.2) is 0 Å². The number of fused-ring (bicyclic) bond motifs is 1. The Hall–Kier alpha value is -0.970. The SMILES string of the molecule is CNC(CCCC1CCCO1)c1cnc2ccsc2c1. The predicted molar refractivity (Wildman–Crippen MR) is 84.2 cm³/mol. The average molecular weight is 290 g/mol. The predicted octanol–water partition coefficient (Wildman–Crippen LogP) is 3.91. The molecule has 3 nitrogen and oxygen atoms in total. The number of nitrogens with zero attached hydrogens (tertiary/aromatic N) is 1. The van der Waals surface area contributed by atoms with Crippen molar-refractivity contribution < 1.29 is 4.74 Å². The largest absolute Gasteiger partial charge is 0.378 e. The molecule has 0 spiro atoms. The quantitative estimate of drug-likeness (QED) is 0.876. The van der Waals surface area contributed by atoms with Crippen LogP contribution in [0.25, 0.3) is 10.2 Å². The zero-order chi connectivity index (χ0) is 13.8. The number of rotatable bonds is 6. The van der Waals surface area contributed by atoms with Gasteiger partial charge in [-0.1, -0.05) is 0 Å². The van der Waals surface area contributed by atoms with Gasteiger partial charge >= 0.3 is 0 Å². The fourth-order valence-electron chi connectivity index (χ4n) is 2.95. The molecule has 2 atom stereocenters. The summed E-state index contributed by atoms with van der Waals surface area (Å²) in [4.78, 5) is 4.54. The highest BCUT2D eigenvalue weighted by atomic mass is 32.1. The summed E-state index contributed by atoms with van der Waals surface area (Å²) < 4.78 is 6.97. The van der Waals surface area contributed by atoms with E-state index in [1.54, 1.807) is 11.3 Å². The monoisotopic (exact) mass is 290 g/mol. The molecule has 2 unspecified atom stereocenters. The second-order valence-electron chi connectivity index (χ2n) is 5.48. The molecular formula is C16H22N2OS. The molecule has 0 saturated carbocycles. The van der Waals surface area contributed by atoms with Crippen molar-refractivity contribution in [1.29, 1.82) is 0 Å². The van der Waals surface area contributed by atoms with Crippen molar-refractivity contribution >= 4 is 21.6 Å². The van der Waals surface area contributed by atoms with Crippen molar-refractivity contribution in [1.82, 2.24) is 10.3 Å². The second-order valence-corrected chi connectivity index (χ2v) is 6.43. The molecule has 2 aromatic rings. The molecule has 4 heteroatoms. The van der Waals surface area contributed by atoms with Gasteiger partial charge < -0.3 is 10.1 Å². The van der Waals surface area contributed by atoms with Gasteiger partial charge in [0.25, 0.3) is 0 Å². The van der Waals surface area contributed by atoms with Crippen LogP contribution in [0, 0.1) is 0 Å². The first-order valence-corrected chi connectivity index (χ1v) is 8.37. The molecule has 1 saturated heterocycles. The minimum Gasteiger partial charge on any atom is -0.378 e. The first-order chi connectivity index (χ1) is 9.86. The highest BCUT2D eigenvalue weighted by molar-refractivity contribution is 7.17. The van der Waals surface area contributed by atoms with E-state index in [9.17, 15) is 0 Å². The van der Waals surface area contributed by atoms with E-state index < -0.39 is 0 Å². The van der Waals surface area contributed by atoms with E-state index in [-0.39, 0.29) is 0 Å². The molecule has 1 fully saturated rings. The summed E-state index contributed by atoms with van der Waals surface area (Å²) >= 11 is 1.76. The minimum atomic E-state index is 0.399. The van der Waals surface area contributed by atoms with Crippen LogP contribution >= 0.6 is 11.3 Å². The molecule has 20 heavy (non-hydrogen) atoms. The fourth-order valence-corrected chi connectivity index (χ4v) is 3.74. The Morgan fingerprint density at radius 3 is 3.30 bits per heavy atom. The molecule has 0 amide bonds. The van der Waals surface area contributed by atoms with Crippen molar-refractivity contribution in [3.63, 3.8) is 0 Å². The topological polar surface area (TPSA) is 34.1 Å². The lowest BCUT2D eigenvalue weighted by atomic mass is 10.0. The summed E-state index contributed by atoms with van der Waals surface area (Å²) in [5, 5.41) is 5.53. The summed E-state index contributed by atoms with van der Waals surface area (Å²) in [6, 6.07) is 4.76. The Labute approximate surface area is 124 Å². The molecule has 0 aliphatic carbocycles. The lowest BCUT2D eigenvalue weighted by Gasteiger charge is -2.17. The van der Waals surface area contributed by atoms with Crippen molar-refractivity contribution in [2.45, 2.75) is 44.2 Å². The normalized spacial score (nSPS) is 20.6. The number of hydrogen-bond acceptors (Lipinski definition) is 4. The number of nitrogens with one attached hydrogen (secondary N) is 1. The molecule has 3 heterocycles. The van der Waals surface area contributed by atoms with Crippen LogP contribution in [-0.2, 0) is 4.74 Å². The molecule has 2 aromatic heterocycles. The first kappa shape index (κ1) is 14.0. The van der Waals surface area contributed by atoms with Crippen LogP contribution in [0.2, 0.25) is 0 Å². The average Bonchev–Trinajstić information content (AvgIpc) is 3.13. The number of ether oxygens (including phenoxy) is 1. The van der Waals surface area contributed by atoms with Gasteiger partial charge in [-0.05, 0) is 62.2 Å². The molecule has 108 valence electrons. The summed E-state index contributed by atoms with van der Waals surface area (Å²) in [6.07, 6.45) is 8.54. The molecule has 0 aromatic carbocycles. The van der Waals surface area contributed by atoms with E-state index in [0.29, 0.717) is 12.1 Å². The Bertz CT molecular complexity index is 548. The maximum Gasteiger partial charge on any atom is 0.0809 e. The molecule has 1 N–H and O–H groups in total. The van der Waals surface area contributed by atoms with Crippen LogP contribution in [0.4, 0.5) is 0 Å². The van der Waals surface area contributed by atoms with Gasteiger partial charge in [-0.3, -0.25) is 4.98 Å². The summed E-state index contributed by atoms with van der Waals surface area (Å²) in [5.74, 6) is 0. The van der Waals surface area contributed by atoms with Gasteiger partial charge in [0.1, 0.15) is 0 Å². The molecule has 0 bridgehead atoms. The minimum absolute atomic E-state index is 0.399. The second kappa shape index (κ2) is 6.66. The molecule has 3 rings (SSSR count). The number of aromatic nitrogens is 1. The third-order valence-electron chi connectivity index (χ3n) is 4.12. The number of pyridine rings is 1. The summed E-state index contributed by atoms with van der Waals surface area (Å²) in [7, 11) is 2.04. The van der Waals surface area contributed by atoms with Crippen molar-refractivity contribution in [2.75, 3.05) is 13.7 Å². The van der Waals surface area contributed by atoms with Crippen molar-refractivity contribution in [3.05, 3.63) is 29.3 Å². The standard InChI is InChI=1S/C16H22N2OS/c1-17-14(6-2-4-13-5-3-8-19-13)12-10-16-15(18-11-12)7-9-20-16/h7,9-11,13-14,17H,2-6,8H2,1H3. The third kappa shape index (κ3) is 3.19. The fraction of sp³-hybridized carbons (Fsp3) is 0.562. The van der Waals surface area contributed by atoms with E-state index in [1.807, 2.05) is 13.2 Å². The van der Waals surface area contributed by atoms with Crippen LogP contribution in [0.1, 0.15) is 43.7 Å². The van der Waals surface area contributed by atoms with Crippen molar-refractivity contribution in [3.8, 4) is 0 Å². The molecule has 1 aliphatic rings.